The average molecular weight is 465 g/mol. The second-order valence-corrected chi connectivity index (χ2v) is 9.12. The Morgan fingerprint density at radius 3 is 2.42 bits per heavy atom. The van der Waals surface area contributed by atoms with Crippen molar-refractivity contribution >= 4 is 21.5 Å². The van der Waals surface area contributed by atoms with E-state index in [9.17, 15) is 18.3 Å². The number of carbonyl (C=O) groups excluding carboxylic acids is 1. The van der Waals surface area contributed by atoms with E-state index < -0.39 is 10.0 Å². The van der Waals surface area contributed by atoms with E-state index in [1.807, 2.05) is 13.0 Å². The maximum Gasteiger partial charge on any atom is 0.261 e. The highest BCUT2D eigenvalue weighted by molar-refractivity contribution is 7.92. The summed E-state index contributed by atoms with van der Waals surface area (Å²) in [5.74, 6) is 0.192. The number of ether oxygens (including phenoxy) is 1. The van der Waals surface area contributed by atoms with Crippen LogP contribution in [0.2, 0.25) is 0 Å². The molecule has 0 unspecified atom stereocenters. The van der Waals surface area contributed by atoms with Crippen molar-refractivity contribution in [1.82, 2.24) is 0 Å². The lowest BCUT2D eigenvalue weighted by atomic mass is 10.0. The molecule has 0 radical (unpaired) electrons. The minimum Gasteiger partial charge on any atom is -0.507 e. The van der Waals surface area contributed by atoms with Crippen LogP contribution in [0.5, 0.6) is 11.5 Å². The number of sulfonamides is 1. The number of carbonyl (C=O) groups is 1. The second-order valence-electron chi connectivity index (χ2n) is 7.44. The van der Waals surface area contributed by atoms with E-state index >= 15 is 0 Å². The molecule has 0 aromatic heterocycles. The molecule has 0 bridgehead atoms. The Hall–Kier alpha value is -3.83. The number of hydrogen-bond acceptors (Lipinski definition) is 6. The third-order valence-electron chi connectivity index (χ3n) is 5.04. The molecule has 3 rings (SSSR count). The van der Waals surface area contributed by atoms with Crippen molar-refractivity contribution in [3.05, 3.63) is 82.9 Å². The Bertz CT molecular complexity index is 1310. The van der Waals surface area contributed by atoms with Crippen LogP contribution in [-0.2, 0) is 23.1 Å². The maximum absolute atomic E-state index is 12.7. The Kier molecular flexibility index (Phi) is 7.36. The van der Waals surface area contributed by atoms with Gasteiger partial charge in [-0.3, -0.25) is 9.52 Å². The number of anilines is 1. The van der Waals surface area contributed by atoms with Gasteiger partial charge in [-0.1, -0.05) is 37.6 Å². The van der Waals surface area contributed by atoms with Crippen molar-refractivity contribution < 1.29 is 23.1 Å². The summed E-state index contributed by atoms with van der Waals surface area (Å²) in [6.07, 6.45) is 1.31. The molecule has 0 aliphatic carbocycles. The number of benzene rings is 3. The first-order valence-corrected chi connectivity index (χ1v) is 11.8. The molecule has 8 heteroatoms. The van der Waals surface area contributed by atoms with Crippen LogP contribution < -0.4 is 9.46 Å². The summed E-state index contributed by atoms with van der Waals surface area (Å²) in [5, 5.41) is 19.6. The molecule has 0 amide bonds. The number of phenols is 1. The number of nitriles is 1. The number of aromatic hydroxyl groups is 1. The fourth-order valence-electron chi connectivity index (χ4n) is 3.33. The summed E-state index contributed by atoms with van der Waals surface area (Å²) in [6.45, 7) is 3.52. The standard InChI is InChI=1S/C25H24N2O5S/c1-3-6-22-24(14-13-21(17(2)28)25(22)29)32-16-18-9-11-20(12-10-18)33(30,31)27-23-8-5-4-7-19(23)15-26/h4-5,7-14,27,29H,3,6,16H2,1-2H3. The highest BCUT2D eigenvalue weighted by atomic mass is 32.2. The number of ketones is 1. The fourth-order valence-corrected chi connectivity index (χ4v) is 4.41. The molecule has 0 aliphatic rings. The molecule has 0 heterocycles. The number of nitrogens with zero attached hydrogens (tertiary/aromatic N) is 1. The third kappa shape index (κ3) is 5.51. The van der Waals surface area contributed by atoms with E-state index in [1.54, 1.807) is 30.3 Å². The maximum atomic E-state index is 12.7. The molecule has 0 saturated carbocycles. The van der Waals surface area contributed by atoms with Gasteiger partial charge in [-0.2, -0.15) is 5.26 Å². The fraction of sp³-hybridized carbons (Fsp3) is 0.200. The van der Waals surface area contributed by atoms with Crippen molar-refractivity contribution in [2.75, 3.05) is 4.72 Å². The summed E-state index contributed by atoms with van der Waals surface area (Å²) in [5.41, 5.74) is 2.00. The SMILES string of the molecule is CCCc1c(OCc2ccc(S(=O)(=O)Nc3ccccc3C#N)cc2)ccc(C(C)=O)c1O. The van der Waals surface area contributed by atoms with Crippen LogP contribution in [-0.4, -0.2) is 19.3 Å². The summed E-state index contributed by atoms with van der Waals surface area (Å²) >= 11 is 0. The lowest BCUT2D eigenvalue weighted by Gasteiger charge is -2.15. The smallest absolute Gasteiger partial charge is 0.261 e. The highest BCUT2D eigenvalue weighted by Crippen LogP contribution is 2.33. The van der Waals surface area contributed by atoms with Gasteiger partial charge in [-0.05, 0) is 55.3 Å². The van der Waals surface area contributed by atoms with Crippen LogP contribution in [0.1, 0.15) is 47.3 Å². The average Bonchev–Trinajstić information content (AvgIpc) is 2.79. The van der Waals surface area contributed by atoms with Gasteiger partial charge in [-0.25, -0.2) is 8.42 Å². The van der Waals surface area contributed by atoms with Gasteiger partial charge >= 0.3 is 0 Å². The molecule has 33 heavy (non-hydrogen) atoms. The van der Waals surface area contributed by atoms with Crippen LogP contribution in [0, 0.1) is 11.3 Å². The molecule has 3 aromatic carbocycles. The number of phenolic OH excluding ortho intramolecular Hbond substituents is 1. The number of Topliss-reactive ketones (excluding diaryl/α,β-unsaturated/α-hetero) is 1. The van der Waals surface area contributed by atoms with Gasteiger partial charge in [0.2, 0.25) is 0 Å². The monoisotopic (exact) mass is 464 g/mol. The minimum atomic E-state index is -3.87. The normalized spacial score (nSPS) is 10.9. The number of nitrogens with one attached hydrogen (secondary N) is 1. The first-order valence-electron chi connectivity index (χ1n) is 10.4. The lowest BCUT2D eigenvalue weighted by molar-refractivity contribution is 0.101. The molecule has 3 aromatic rings. The summed E-state index contributed by atoms with van der Waals surface area (Å²) < 4.78 is 33.7. The molecule has 0 aliphatic heterocycles. The van der Waals surface area contributed by atoms with E-state index in [4.69, 9.17) is 10.00 Å². The van der Waals surface area contributed by atoms with Crippen LogP contribution in [0.15, 0.2) is 65.6 Å². The van der Waals surface area contributed by atoms with Gasteiger partial charge in [0.25, 0.3) is 10.0 Å². The van der Waals surface area contributed by atoms with Crippen LogP contribution in [0.3, 0.4) is 0 Å². The van der Waals surface area contributed by atoms with Crippen molar-refractivity contribution in [1.29, 1.82) is 5.26 Å². The third-order valence-corrected chi connectivity index (χ3v) is 6.42. The molecule has 0 saturated heterocycles. The van der Waals surface area contributed by atoms with Gasteiger partial charge in [0, 0.05) is 5.56 Å². The number of rotatable bonds is 9. The molecule has 2 N–H and O–H groups in total. The van der Waals surface area contributed by atoms with Crippen molar-refractivity contribution in [2.24, 2.45) is 0 Å². The zero-order valence-electron chi connectivity index (χ0n) is 18.3. The Labute approximate surface area is 193 Å². The first-order chi connectivity index (χ1) is 15.8. The van der Waals surface area contributed by atoms with Gasteiger partial charge in [-0.15, -0.1) is 0 Å². The van der Waals surface area contributed by atoms with E-state index in [-0.39, 0.29) is 39.8 Å². The number of para-hydroxylation sites is 1. The van der Waals surface area contributed by atoms with Crippen LogP contribution >= 0.6 is 0 Å². The van der Waals surface area contributed by atoms with Gasteiger partial charge in [0.05, 0.1) is 21.7 Å². The topological polar surface area (TPSA) is 116 Å². The first kappa shape index (κ1) is 23.8. The second kappa shape index (κ2) is 10.2. The Balaban J connectivity index is 1.76. The molecular weight excluding hydrogens is 440 g/mol. The molecule has 0 atom stereocenters. The summed E-state index contributed by atoms with van der Waals surface area (Å²) in [6, 6.07) is 17.7. The predicted octanol–water partition coefficient (Wildman–Crippen LogP) is 4.80. The molecule has 0 spiro atoms. The molecule has 170 valence electrons. The van der Waals surface area contributed by atoms with Crippen molar-refractivity contribution in [3.63, 3.8) is 0 Å². The highest BCUT2D eigenvalue weighted by Gasteiger charge is 2.17. The summed E-state index contributed by atoms with van der Waals surface area (Å²) in [4.78, 5) is 11.8. The lowest BCUT2D eigenvalue weighted by Crippen LogP contribution is -2.14. The summed E-state index contributed by atoms with van der Waals surface area (Å²) in [7, 11) is -3.87. The van der Waals surface area contributed by atoms with E-state index in [2.05, 4.69) is 4.72 Å². The molecule has 0 fully saturated rings. The quantitative estimate of drug-likeness (QED) is 0.440. The zero-order chi connectivity index (χ0) is 24.0. The van der Waals surface area contributed by atoms with E-state index in [0.717, 1.165) is 12.0 Å². The predicted molar refractivity (Wildman–Crippen MR) is 125 cm³/mol. The van der Waals surface area contributed by atoms with Crippen molar-refractivity contribution in [2.45, 2.75) is 38.2 Å². The van der Waals surface area contributed by atoms with Crippen molar-refractivity contribution in [3.8, 4) is 17.6 Å². The Morgan fingerprint density at radius 2 is 1.79 bits per heavy atom. The van der Waals surface area contributed by atoms with Crippen LogP contribution in [0.25, 0.3) is 0 Å². The van der Waals surface area contributed by atoms with E-state index in [1.165, 1.54) is 37.3 Å². The van der Waals surface area contributed by atoms with E-state index in [0.29, 0.717) is 17.7 Å². The Morgan fingerprint density at radius 1 is 1.09 bits per heavy atom. The van der Waals surface area contributed by atoms with Gasteiger partial charge in [0.1, 0.15) is 24.2 Å². The molecule has 7 nitrogen and oxygen atoms in total. The number of hydrogen-bond donors (Lipinski definition) is 2. The van der Waals surface area contributed by atoms with Gasteiger partial charge < -0.3 is 9.84 Å². The minimum absolute atomic E-state index is 0.0501. The molecular formula is C25H24N2O5S. The van der Waals surface area contributed by atoms with Crippen LogP contribution in [0.4, 0.5) is 5.69 Å². The largest absolute Gasteiger partial charge is 0.507 e. The zero-order valence-corrected chi connectivity index (χ0v) is 19.1. The van der Waals surface area contributed by atoms with Gasteiger partial charge in [0.15, 0.2) is 5.78 Å².